The fourth-order valence-corrected chi connectivity index (χ4v) is 5.85. The maximum Gasteiger partial charge on any atom is 0.245 e. The number of carbonyl (C=O) groups is 4. The number of hydrogen-bond donors (Lipinski definition) is 5. The molecule has 2 aromatic rings. The first-order valence-electron chi connectivity index (χ1n) is 17.9. The lowest BCUT2D eigenvalue weighted by atomic mass is 9.99. The van der Waals surface area contributed by atoms with Crippen LogP contribution in [0.5, 0.6) is 0 Å². The highest BCUT2D eigenvalue weighted by molar-refractivity contribution is 5.95. The van der Waals surface area contributed by atoms with E-state index in [1.807, 2.05) is 74.5 Å². The largest absolute Gasteiger partial charge is 0.380 e. The Kier molecular flexibility index (Phi) is 17.2. The van der Waals surface area contributed by atoms with Crippen molar-refractivity contribution in [3.63, 3.8) is 0 Å². The van der Waals surface area contributed by atoms with E-state index in [9.17, 15) is 19.2 Å². The fourth-order valence-electron chi connectivity index (χ4n) is 5.85. The average molecular weight is 679 g/mol. The molecule has 0 spiro atoms. The second kappa shape index (κ2) is 21.3. The minimum Gasteiger partial charge on any atom is -0.380 e. The van der Waals surface area contributed by atoms with E-state index < -0.39 is 41.9 Å². The predicted molar refractivity (Wildman–Crippen MR) is 193 cm³/mol. The van der Waals surface area contributed by atoms with Crippen molar-refractivity contribution in [2.24, 2.45) is 11.7 Å². The van der Waals surface area contributed by atoms with Crippen LogP contribution in [-0.2, 0) is 36.8 Å². The van der Waals surface area contributed by atoms with Crippen LogP contribution in [0, 0.1) is 5.92 Å². The van der Waals surface area contributed by atoms with E-state index >= 15 is 0 Å². The molecule has 49 heavy (non-hydrogen) atoms. The topological polar surface area (TPSA) is 155 Å². The summed E-state index contributed by atoms with van der Waals surface area (Å²) in [6.07, 6.45) is 3.72. The number of benzene rings is 2. The molecule has 1 fully saturated rings. The third kappa shape index (κ3) is 14.7. The van der Waals surface area contributed by atoms with Crippen LogP contribution in [0.1, 0.15) is 70.9 Å². The number of nitrogens with zero attached hydrogens (tertiary/aromatic N) is 1. The Balaban J connectivity index is 1.76. The number of nitrogens with one attached hydrogen (secondary N) is 4. The molecule has 1 aliphatic rings. The molecule has 3 rings (SSSR count). The molecule has 4 amide bonds. The molecular formula is C38H58N6O5. The van der Waals surface area contributed by atoms with Gasteiger partial charge in [0.2, 0.25) is 23.6 Å². The summed E-state index contributed by atoms with van der Waals surface area (Å²) in [5, 5.41) is 12.2. The van der Waals surface area contributed by atoms with Crippen molar-refractivity contribution in [1.29, 1.82) is 0 Å². The first kappa shape index (κ1) is 39.6. The molecule has 1 heterocycles. The summed E-state index contributed by atoms with van der Waals surface area (Å²) in [5.74, 6) is -1.43. The van der Waals surface area contributed by atoms with Gasteiger partial charge >= 0.3 is 0 Å². The molecule has 270 valence electrons. The molecule has 1 saturated heterocycles. The van der Waals surface area contributed by atoms with Crippen molar-refractivity contribution in [2.45, 2.75) is 103 Å². The minimum atomic E-state index is -0.970. The maximum absolute atomic E-state index is 13.9. The molecule has 0 radical (unpaired) electrons. The van der Waals surface area contributed by atoms with Crippen LogP contribution in [0.15, 0.2) is 60.7 Å². The Hall–Kier alpha value is -3.80. The van der Waals surface area contributed by atoms with Crippen LogP contribution >= 0.6 is 0 Å². The maximum atomic E-state index is 13.9. The molecule has 0 bridgehead atoms. The molecule has 0 aromatic heterocycles. The van der Waals surface area contributed by atoms with Crippen LogP contribution in [0.25, 0.3) is 0 Å². The predicted octanol–water partition coefficient (Wildman–Crippen LogP) is 2.72. The van der Waals surface area contributed by atoms with Gasteiger partial charge in [0.1, 0.15) is 18.1 Å². The standard InChI is InChI=1S/C38H58N6O5/c1-27(2)24-33(36(46)41-32(18-11-12-19-40-28(3)4)38(48)44-20-13-22-49-23-21-44)43-37(47)34(26-30-16-9-6-10-17-30)42-35(45)31(39)25-29-14-7-5-8-15-29/h5-10,14-17,27-28,31-34,40H,11-13,18-26,39H2,1-4H3,(H,41,46)(H,42,45)(H,43,47)/t31-,32-,33-,34-/m1/s1. The normalized spacial score (nSPS) is 15.9. The first-order valence-corrected chi connectivity index (χ1v) is 17.9. The number of rotatable bonds is 19. The molecule has 0 saturated carbocycles. The van der Waals surface area contributed by atoms with Gasteiger partial charge in [-0.05, 0) is 62.1 Å². The molecule has 6 N–H and O–H groups in total. The van der Waals surface area contributed by atoms with Crippen LogP contribution in [0.4, 0.5) is 0 Å². The third-order valence-corrected chi connectivity index (χ3v) is 8.51. The minimum absolute atomic E-state index is 0.0662. The summed E-state index contributed by atoms with van der Waals surface area (Å²) in [5.41, 5.74) is 8.04. The van der Waals surface area contributed by atoms with Gasteiger partial charge in [-0.2, -0.15) is 0 Å². The monoisotopic (exact) mass is 678 g/mol. The van der Waals surface area contributed by atoms with Gasteiger partial charge < -0.3 is 36.6 Å². The number of unbranched alkanes of at least 4 members (excludes halogenated alkanes) is 1. The van der Waals surface area contributed by atoms with Gasteiger partial charge in [0, 0.05) is 32.2 Å². The lowest BCUT2D eigenvalue weighted by molar-refractivity contribution is -0.138. The SMILES string of the molecule is CC(C)C[C@@H](NC(=O)[C@@H](Cc1ccccc1)NC(=O)[C@H](N)Cc1ccccc1)C(=O)N[C@H](CCCCNC(C)C)C(=O)N1CCCOCC1. The number of ether oxygens (including phenoxy) is 1. The molecule has 11 nitrogen and oxygen atoms in total. The van der Waals surface area contributed by atoms with E-state index in [1.54, 1.807) is 4.90 Å². The number of hydrogen-bond acceptors (Lipinski definition) is 7. The fraction of sp³-hybridized carbons (Fsp3) is 0.579. The zero-order chi connectivity index (χ0) is 35.6. The van der Waals surface area contributed by atoms with E-state index in [0.717, 1.165) is 36.9 Å². The molecular weight excluding hydrogens is 620 g/mol. The second-order valence-corrected chi connectivity index (χ2v) is 13.7. The van der Waals surface area contributed by atoms with Crippen molar-refractivity contribution < 1.29 is 23.9 Å². The van der Waals surface area contributed by atoms with Crippen LogP contribution in [-0.4, -0.2) is 91.6 Å². The van der Waals surface area contributed by atoms with Crippen molar-refractivity contribution >= 4 is 23.6 Å². The van der Waals surface area contributed by atoms with E-state index in [1.165, 1.54) is 0 Å². The Morgan fingerprint density at radius 2 is 1.33 bits per heavy atom. The van der Waals surface area contributed by atoms with Crippen LogP contribution in [0.2, 0.25) is 0 Å². The van der Waals surface area contributed by atoms with E-state index in [0.29, 0.717) is 51.6 Å². The van der Waals surface area contributed by atoms with E-state index in [4.69, 9.17) is 10.5 Å². The van der Waals surface area contributed by atoms with E-state index in [-0.39, 0.29) is 18.2 Å². The van der Waals surface area contributed by atoms with Crippen molar-refractivity contribution in [3.8, 4) is 0 Å². The summed E-state index contributed by atoms with van der Waals surface area (Å²) in [7, 11) is 0. The summed E-state index contributed by atoms with van der Waals surface area (Å²) >= 11 is 0. The highest BCUT2D eigenvalue weighted by Gasteiger charge is 2.32. The van der Waals surface area contributed by atoms with Crippen LogP contribution < -0.4 is 27.0 Å². The zero-order valence-corrected chi connectivity index (χ0v) is 29.8. The summed E-state index contributed by atoms with van der Waals surface area (Å²) in [6, 6.07) is 15.7. The summed E-state index contributed by atoms with van der Waals surface area (Å²) < 4.78 is 5.56. The van der Waals surface area contributed by atoms with Gasteiger partial charge in [0.15, 0.2) is 0 Å². The zero-order valence-electron chi connectivity index (χ0n) is 29.8. The summed E-state index contributed by atoms with van der Waals surface area (Å²) in [6.45, 7) is 11.0. The Bertz CT molecular complexity index is 1280. The average Bonchev–Trinajstić information content (AvgIpc) is 3.37. The quantitative estimate of drug-likeness (QED) is 0.143. The van der Waals surface area contributed by atoms with Gasteiger partial charge in [-0.25, -0.2) is 0 Å². The second-order valence-electron chi connectivity index (χ2n) is 13.7. The van der Waals surface area contributed by atoms with Crippen molar-refractivity contribution in [1.82, 2.24) is 26.2 Å². The Morgan fingerprint density at radius 1 is 0.735 bits per heavy atom. The van der Waals surface area contributed by atoms with Gasteiger partial charge in [0.05, 0.1) is 12.6 Å². The molecule has 0 aliphatic carbocycles. The van der Waals surface area contributed by atoms with Gasteiger partial charge in [-0.3, -0.25) is 19.2 Å². The molecule has 2 aromatic carbocycles. The smallest absolute Gasteiger partial charge is 0.245 e. The number of amides is 4. The van der Waals surface area contributed by atoms with Gasteiger partial charge in [0.25, 0.3) is 0 Å². The Morgan fingerprint density at radius 3 is 1.96 bits per heavy atom. The first-order chi connectivity index (χ1) is 23.5. The molecule has 1 aliphatic heterocycles. The van der Waals surface area contributed by atoms with Gasteiger partial charge in [-0.15, -0.1) is 0 Å². The third-order valence-electron chi connectivity index (χ3n) is 8.51. The number of carbonyl (C=O) groups excluding carboxylic acids is 4. The number of nitrogens with two attached hydrogens (primary N) is 1. The molecule has 0 unspecified atom stereocenters. The van der Waals surface area contributed by atoms with Gasteiger partial charge in [-0.1, -0.05) is 88.4 Å². The van der Waals surface area contributed by atoms with Crippen molar-refractivity contribution in [2.75, 3.05) is 32.8 Å². The van der Waals surface area contributed by atoms with Crippen molar-refractivity contribution in [3.05, 3.63) is 71.8 Å². The van der Waals surface area contributed by atoms with Crippen LogP contribution in [0.3, 0.4) is 0 Å². The molecule has 11 heteroatoms. The molecule has 4 atom stereocenters. The Labute approximate surface area is 292 Å². The summed E-state index contributed by atoms with van der Waals surface area (Å²) in [4.78, 5) is 56.6. The lowest BCUT2D eigenvalue weighted by Gasteiger charge is -2.29. The highest BCUT2D eigenvalue weighted by atomic mass is 16.5. The lowest BCUT2D eigenvalue weighted by Crippen LogP contribution is -2.58. The highest BCUT2D eigenvalue weighted by Crippen LogP contribution is 2.12. The van der Waals surface area contributed by atoms with E-state index in [2.05, 4.69) is 35.1 Å².